The number of rotatable bonds is 6. The van der Waals surface area contributed by atoms with Crippen LogP contribution in [0.1, 0.15) is 73.6 Å². The highest BCUT2D eigenvalue weighted by Gasteiger charge is 2.31. The van der Waals surface area contributed by atoms with Crippen molar-refractivity contribution in [3.8, 4) is 0 Å². The predicted molar refractivity (Wildman–Crippen MR) is 108 cm³/mol. The molecule has 1 aliphatic carbocycles. The van der Waals surface area contributed by atoms with Crippen LogP contribution in [0.4, 0.5) is 0 Å². The molecule has 0 aromatic rings. The summed E-state index contributed by atoms with van der Waals surface area (Å²) >= 11 is 0. The molecule has 8 nitrogen and oxygen atoms in total. The van der Waals surface area contributed by atoms with Gasteiger partial charge in [-0.1, -0.05) is 20.8 Å². The molecule has 0 heterocycles. The summed E-state index contributed by atoms with van der Waals surface area (Å²) in [6.07, 6.45) is 2.73. The molecule has 0 bridgehead atoms. The average Bonchev–Trinajstić information content (AvgIpc) is 2.52. The van der Waals surface area contributed by atoms with Crippen LogP contribution in [0.3, 0.4) is 0 Å². The van der Waals surface area contributed by atoms with Crippen molar-refractivity contribution in [3.05, 3.63) is 0 Å². The number of hydrogen-bond acceptors (Lipinski definition) is 5. The second-order valence-corrected chi connectivity index (χ2v) is 11.9. The Labute approximate surface area is 168 Å². The number of hydrogen-bond donors (Lipinski definition) is 3. The summed E-state index contributed by atoms with van der Waals surface area (Å²) in [4.78, 5) is 36.1. The first kappa shape index (κ1) is 24.4. The van der Waals surface area contributed by atoms with E-state index in [1.807, 2.05) is 25.5 Å². The van der Waals surface area contributed by atoms with E-state index < -0.39 is 26.1 Å². The maximum Gasteiger partial charge on any atom is 0.239 e. The molecule has 0 radical (unpaired) electrons. The Morgan fingerprint density at radius 1 is 0.929 bits per heavy atom. The van der Waals surface area contributed by atoms with Gasteiger partial charge in [-0.15, -0.1) is 0 Å². The first-order valence-electron chi connectivity index (χ1n) is 9.77. The fraction of sp³-hybridized carbons (Fsp3) is 0.842. The second kappa shape index (κ2) is 9.24. The van der Waals surface area contributed by atoms with Gasteiger partial charge in [-0.25, -0.2) is 8.42 Å². The van der Waals surface area contributed by atoms with Gasteiger partial charge in [0, 0.05) is 30.3 Å². The lowest BCUT2D eigenvalue weighted by molar-refractivity contribution is -0.129. The van der Waals surface area contributed by atoms with Crippen LogP contribution in [-0.4, -0.2) is 43.5 Å². The van der Waals surface area contributed by atoms with Crippen LogP contribution in [0, 0.1) is 11.3 Å². The van der Waals surface area contributed by atoms with Crippen molar-refractivity contribution in [2.75, 3.05) is 6.54 Å². The summed E-state index contributed by atoms with van der Waals surface area (Å²) in [5, 5.41) is 5.74. The van der Waals surface area contributed by atoms with Crippen molar-refractivity contribution in [2.45, 2.75) is 84.4 Å². The molecule has 0 aromatic carbocycles. The molecule has 3 amide bonds. The lowest BCUT2D eigenvalue weighted by Crippen LogP contribution is -2.45. The number of sulfonamides is 1. The Morgan fingerprint density at radius 2 is 1.46 bits per heavy atom. The van der Waals surface area contributed by atoms with E-state index in [0.29, 0.717) is 12.8 Å². The summed E-state index contributed by atoms with van der Waals surface area (Å²) in [5.41, 5.74) is -0.435. The van der Waals surface area contributed by atoms with E-state index in [9.17, 15) is 22.8 Å². The standard InChI is InChI=1S/C19H35N3O5S/c1-18(2,3)17(25)21-14-9-7-13(8-10-14)16(24)20-12-11-15(23)22-28(26,27)19(4,5)6/h13-14H,7-12H2,1-6H3,(H,20,24)(H,21,25)(H,22,23)/t13-,14+. The zero-order valence-corrected chi connectivity index (χ0v) is 18.7. The molecule has 1 aliphatic rings. The van der Waals surface area contributed by atoms with Crippen LogP contribution < -0.4 is 15.4 Å². The molecule has 0 aromatic heterocycles. The first-order valence-corrected chi connectivity index (χ1v) is 11.3. The molecule has 1 fully saturated rings. The monoisotopic (exact) mass is 417 g/mol. The van der Waals surface area contributed by atoms with Crippen LogP contribution >= 0.6 is 0 Å². The highest BCUT2D eigenvalue weighted by atomic mass is 32.2. The van der Waals surface area contributed by atoms with Gasteiger partial charge in [0.25, 0.3) is 0 Å². The van der Waals surface area contributed by atoms with Crippen LogP contribution in [-0.2, 0) is 24.4 Å². The Kier molecular flexibility index (Phi) is 8.05. The highest BCUT2D eigenvalue weighted by Crippen LogP contribution is 2.25. The number of nitrogens with one attached hydrogen (secondary N) is 3. The normalized spacial score (nSPS) is 20.9. The Balaban J connectivity index is 2.34. The largest absolute Gasteiger partial charge is 0.355 e. The summed E-state index contributed by atoms with van der Waals surface area (Å²) < 4.78 is 24.8. The third kappa shape index (κ3) is 7.41. The molecule has 1 saturated carbocycles. The van der Waals surface area contributed by atoms with E-state index in [2.05, 4.69) is 10.6 Å². The van der Waals surface area contributed by atoms with E-state index in [1.165, 1.54) is 20.8 Å². The molecule has 0 aliphatic heterocycles. The highest BCUT2D eigenvalue weighted by molar-refractivity contribution is 7.91. The third-order valence-electron chi connectivity index (χ3n) is 4.82. The van der Waals surface area contributed by atoms with E-state index in [-0.39, 0.29) is 36.7 Å². The van der Waals surface area contributed by atoms with Crippen molar-refractivity contribution in [1.29, 1.82) is 0 Å². The Morgan fingerprint density at radius 3 is 1.93 bits per heavy atom. The van der Waals surface area contributed by atoms with E-state index in [4.69, 9.17) is 0 Å². The quantitative estimate of drug-likeness (QED) is 0.604. The zero-order chi connectivity index (χ0) is 21.8. The molecule has 162 valence electrons. The van der Waals surface area contributed by atoms with Gasteiger partial charge in [-0.05, 0) is 46.5 Å². The van der Waals surface area contributed by atoms with Crippen molar-refractivity contribution in [3.63, 3.8) is 0 Å². The summed E-state index contributed by atoms with van der Waals surface area (Å²) in [5.74, 6) is -0.906. The van der Waals surface area contributed by atoms with Crippen LogP contribution in [0.25, 0.3) is 0 Å². The molecule has 0 saturated heterocycles. The first-order chi connectivity index (χ1) is 12.6. The van der Waals surface area contributed by atoms with Gasteiger partial charge in [0.15, 0.2) is 0 Å². The molecule has 1 rings (SSSR count). The minimum Gasteiger partial charge on any atom is -0.355 e. The van der Waals surface area contributed by atoms with E-state index in [0.717, 1.165) is 12.8 Å². The van der Waals surface area contributed by atoms with Gasteiger partial charge < -0.3 is 10.6 Å². The number of carbonyl (C=O) groups excluding carboxylic acids is 3. The minimum absolute atomic E-state index is 0.0108. The molecule has 0 unspecified atom stereocenters. The van der Waals surface area contributed by atoms with Gasteiger partial charge in [-0.2, -0.15) is 0 Å². The fourth-order valence-electron chi connectivity index (χ4n) is 2.70. The molecule has 0 spiro atoms. The average molecular weight is 418 g/mol. The Bertz CT molecular complexity index is 681. The molecular formula is C19H35N3O5S. The fourth-order valence-corrected chi connectivity index (χ4v) is 3.41. The topological polar surface area (TPSA) is 121 Å². The number of carbonyl (C=O) groups is 3. The van der Waals surface area contributed by atoms with Crippen LogP contribution in [0.15, 0.2) is 0 Å². The maximum absolute atomic E-state index is 12.3. The number of amides is 3. The van der Waals surface area contributed by atoms with Gasteiger partial charge in [0.2, 0.25) is 27.7 Å². The van der Waals surface area contributed by atoms with Crippen molar-refractivity contribution in [1.82, 2.24) is 15.4 Å². The maximum atomic E-state index is 12.3. The van der Waals surface area contributed by atoms with E-state index >= 15 is 0 Å². The minimum atomic E-state index is -3.74. The summed E-state index contributed by atoms with van der Waals surface area (Å²) in [7, 11) is -3.74. The molecular weight excluding hydrogens is 382 g/mol. The summed E-state index contributed by atoms with van der Waals surface area (Å²) in [6.45, 7) is 10.2. The lowest BCUT2D eigenvalue weighted by Gasteiger charge is -2.30. The zero-order valence-electron chi connectivity index (χ0n) is 17.8. The van der Waals surface area contributed by atoms with E-state index in [1.54, 1.807) is 0 Å². The van der Waals surface area contributed by atoms with Gasteiger partial charge >= 0.3 is 0 Å². The van der Waals surface area contributed by atoms with Gasteiger partial charge in [-0.3, -0.25) is 19.1 Å². The lowest BCUT2D eigenvalue weighted by atomic mass is 9.84. The van der Waals surface area contributed by atoms with Gasteiger partial charge in [0.1, 0.15) is 0 Å². The predicted octanol–water partition coefficient (Wildman–Crippen LogP) is 1.46. The van der Waals surface area contributed by atoms with Gasteiger partial charge in [0.05, 0.1) is 4.75 Å². The second-order valence-electron chi connectivity index (χ2n) is 9.45. The molecule has 9 heteroatoms. The van der Waals surface area contributed by atoms with Crippen LogP contribution in [0.2, 0.25) is 0 Å². The van der Waals surface area contributed by atoms with Crippen molar-refractivity contribution >= 4 is 27.7 Å². The van der Waals surface area contributed by atoms with Crippen LogP contribution in [0.5, 0.6) is 0 Å². The molecule has 28 heavy (non-hydrogen) atoms. The smallest absolute Gasteiger partial charge is 0.239 e. The molecule has 3 N–H and O–H groups in total. The van der Waals surface area contributed by atoms with Crippen molar-refractivity contribution < 1.29 is 22.8 Å². The van der Waals surface area contributed by atoms with Crippen molar-refractivity contribution in [2.24, 2.45) is 11.3 Å². The summed E-state index contributed by atoms with van der Waals surface area (Å²) in [6, 6.07) is 0.0872. The Hall–Kier alpha value is -1.64. The SMILES string of the molecule is CC(C)(C)C(=O)N[C@H]1CC[C@@H](C(=O)NCCC(=O)NS(=O)(=O)C(C)(C)C)CC1. The third-order valence-corrected chi connectivity index (χ3v) is 6.93. The molecule has 0 atom stereocenters.